The second-order valence-corrected chi connectivity index (χ2v) is 7.81. The van der Waals surface area contributed by atoms with Gasteiger partial charge in [-0.25, -0.2) is 8.42 Å². The zero-order valence-electron chi connectivity index (χ0n) is 13.5. The average molecular weight is 332 g/mol. The number of nitrogens with zero attached hydrogens (tertiary/aromatic N) is 2. The van der Waals surface area contributed by atoms with Crippen molar-refractivity contribution in [3.63, 3.8) is 0 Å². The third-order valence-electron chi connectivity index (χ3n) is 4.50. The third kappa shape index (κ3) is 2.62. The molecule has 122 valence electrons. The van der Waals surface area contributed by atoms with E-state index in [1.54, 1.807) is 12.1 Å². The summed E-state index contributed by atoms with van der Waals surface area (Å²) in [6, 6.07) is 9.95. The summed E-state index contributed by atoms with van der Waals surface area (Å²) in [5, 5.41) is 0. The maximum absolute atomic E-state index is 12.9. The van der Waals surface area contributed by atoms with E-state index in [1.807, 2.05) is 26.0 Å². The van der Waals surface area contributed by atoms with E-state index in [9.17, 15) is 13.2 Å². The highest BCUT2D eigenvalue weighted by Gasteiger charge is 2.34. The Labute approximate surface area is 136 Å². The highest BCUT2D eigenvalue weighted by Crippen LogP contribution is 2.32. The zero-order valence-corrected chi connectivity index (χ0v) is 14.3. The molecule has 2 heterocycles. The van der Waals surface area contributed by atoms with Crippen molar-refractivity contribution in [3.05, 3.63) is 53.3 Å². The first-order valence-corrected chi connectivity index (χ1v) is 9.05. The van der Waals surface area contributed by atoms with Gasteiger partial charge in [-0.1, -0.05) is 12.1 Å². The summed E-state index contributed by atoms with van der Waals surface area (Å²) in [6.45, 7) is 6.50. The standard InChI is InChI=1S/C17H20N2O3S/c1-12-4-9-17-13(2)19(11-10-18(12)17)23(21,22)16-7-5-15(6-8-16)14(3)20/h4-9,13H,10-11H2,1-3H3/t13-/m0/s1. The van der Waals surface area contributed by atoms with Gasteiger partial charge in [-0.15, -0.1) is 0 Å². The number of hydrogen-bond donors (Lipinski definition) is 0. The van der Waals surface area contributed by atoms with Gasteiger partial charge < -0.3 is 4.57 Å². The van der Waals surface area contributed by atoms with Crippen molar-refractivity contribution in [2.75, 3.05) is 6.54 Å². The smallest absolute Gasteiger partial charge is 0.243 e. The van der Waals surface area contributed by atoms with Crippen molar-refractivity contribution in [1.29, 1.82) is 0 Å². The molecule has 6 heteroatoms. The Hall–Kier alpha value is -1.92. The first-order valence-electron chi connectivity index (χ1n) is 7.61. The van der Waals surface area contributed by atoms with Crippen LogP contribution in [0.3, 0.4) is 0 Å². The van der Waals surface area contributed by atoms with Crippen LogP contribution in [0.1, 0.15) is 41.6 Å². The van der Waals surface area contributed by atoms with Gasteiger partial charge in [-0.05, 0) is 45.0 Å². The largest absolute Gasteiger partial charge is 0.346 e. The molecule has 5 nitrogen and oxygen atoms in total. The number of carbonyl (C=O) groups excluding carboxylic acids is 1. The number of Topliss-reactive ketones (excluding diaryl/α,β-unsaturated/α-hetero) is 1. The molecular weight excluding hydrogens is 312 g/mol. The first kappa shape index (κ1) is 16.0. The molecule has 3 rings (SSSR count). The monoisotopic (exact) mass is 332 g/mol. The maximum Gasteiger partial charge on any atom is 0.243 e. The second kappa shape index (κ2) is 5.62. The molecule has 0 amide bonds. The summed E-state index contributed by atoms with van der Waals surface area (Å²) < 4.78 is 29.5. The third-order valence-corrected chi connectivity index (χ3v) is 6.49. The van der Waals surface area contributed by atoms with E-state index in [0.717, 1.165) is 11.4 Å². The number of carbonyl (C=O) groups is 1. The Bertz CT molecular complexity index is 850. The van der Waals surface area contributed by atoms with E-state index in [0.29, 0.717) is 18.7 Å². The molecule has 1 aromatic carbocycles. The summed E-state index contributed by atoms with van der Waals surface area (Å²) in [5.41, 5.74) is 2.67. The summed E-state index contributed by atoms with van der Waals surface area (Å²) in [4.78, 5) is 11.6. The lowest BCUT2D eigenvalue weighted by Crippen LogP contribution is -2.41. The molecule has 23 heavy (non-hydrogen) atoms. The normalized spacial score (nSPS) is 18.7. The number of benzene rings is 1. The molecule has 0 radical (unpaired) electrons. The van der Waals surface area contributed by atoms with Crippen LogP contribution in [0.2, 0.25) is 0 Å². The lowest BCUT2D eigenvalue weighted by molar-refractivity contribution is 0.101. The molecule has 1 aliphatic rings. The number of sulfonamides is 1. The highest BCUT2D eigenvalue weighted by atomic mass is 32.2. The summed E-state index contributed by atoms with van der Waals surface area (Å²) in [7, 11) is -3.58. The Balaban J connectivity index is 1.95. The lowest BCUT2D eigenvalue weighted by Gasteiger charge is -2.34. The van der Waals surface area contributed by atoms with Gasteiger partial charge in [0, 0.05) is 30.0 Å². The minimum absolute atomic E-state index is 0.0754. The van der Waals surface area contributed by atoms with Gasteiger partial charge in [-0.2, -0.15) is 4.31 Å². The van der Waals surface area contributed by atoms with Crippen LogP contribution in [-0.2, 0) is 16.6 Å². The topological polar surface area (TPSA) is 59.4 Å². The fraction of sp³-hybridized carbons (Fsp3) is 0.353. The molecule has 1 aliphatic heterocycles. The van der Waals surface area contributed by atoms with E-state index >= 15 is 0 Å². The number of hydrogen-bond acceptors (Lipinski definition) is 3. The van der Waals surface area contributed by atoms with Crippen LogP contribution in [0.25, 0.3) is 0 Å². The molecule has 0 fully saturated rings. The summed E-state index contributed by atoms with van der Waals surface area (Å²) >= 11 is 0. The minimum Gasteiger partial charge on any atom is -0.346 e. The fourth-order valence-corrected chi connectivity index (χ4v) is 4.72. The SMILES string of the molecule is CC(=O)c1ccc(S(=O)(=O)N2CCn3c(C)ccc3[C@@H]2C)cc1. The molecule has 0 spiro atoms. The second-order valence-electron chi connectivity index (χ2n) is 5.92. The maximum atomic E-state index is 12.9. The molecule has 1 aromatic heterocycles. The van der Waals surface area contributed by atoms with Crippen LogP contribution in [-0.4, -0.2) is 29.6 Å². The number of aromatic nitrogens is 1. The van der Waals surface area contributed by atoms with E-state index in [-0.39, 0.29) is 16.7 Å². The lowest BCUT2D eigenvalue weighted by atomic mass is 10.2. The highest BCUT2D eigenvalue weighted by molar-refractivity contribution is 7.89. The summed E-state index contributed by atoms with van der Waals surface area (Å²) in [6.07, 6.45) is 0. The van der Waals surface area contributed by atoms with Crippen molar-refractivity contribution < 1.29 is 13.2 Å². The van der Waals surface area contributed by atoms with Crippen LogP contribution in [0.4, 0.5) is 0 Å². The molecule has 1 atom stereocenters. The molecular formula is C17H20N2O3S. The van der Waals surface area contributed by atoms with Gasteiger partial charge in [0.1, 0.15) is 0 Å². The van der Waals surface area contributed by atoms with E-state index < -0.39 is 10.0 Å². The molecule has 0 saturated heterocycles. The quantitative estimate of drug-likeness (QED) is 0.812. The fourth-order valence-electron chi connectivity index (χ4n) is 3.12. The van der Waals surface area contributed by atoms with Crippen LogP contribution < -0.4 is 0 Å². The molecule has 0 N–H and O–H groups in total. The van der Waals surface area contributed by atoms with Gasteiger partial charge in [-0.3, -0.25) is 4.79 Å². The Kier molecular flexibility index (Phi) is 3.90. The number of aryl methyl sites for hydroxylation is 1. The first-order chi connectivity index (χ1) is 10.8. The average Bonchev–Trinajstić information content (AvgIpc) is 2.90. The molecule has 2 aromatic rings. The van der Waals surface area contributed by atoms with Crippen LogP contribution in [0.5, 0.6) is 0 Å². The Morgan fingerprint density at radius 3 is 2.35 bits per heavy atom. The van der Waals surface area contributed by atoms with Crippen molar-refractivity contribution >= 4 is 15.8 Å². The van der Waals surface area contributed by atoms with Crippen LogP contribution >= 0.6 is 0 Å². The Morgan fingerprint density at radius 1 is 1.09 bits per heavy atom. The number of rotatable bonds is 3. The van der Waals surface area contributed by atoms with Crippen LogP contribution in [0.15, 0.2) is 41.3 Å². The van der Waals surface area contributed by atoms with Gasteiger partial charge in [0.25, 0.3) is 0 Å². The molecule has 0 aliphatic carbocycles. The van der Waals surface area contributed by atoms with Crippen molar-refractivity contribution in [3.8, 4) is 0 Å². The van der Waals surface area contributed by atoms with Crippen LogP contribution in [0, 0.1) is 6.92 Å². The minimum atomic E-state index is -3.58. The summed E-state index contributed by atoms with van der Waals surface area (Å²) in [5.74, 6) is -0.0754. The van der Waals surface area contributed by atoms with E-state index in [2.05, 4.69) is 4.57 Å². The molecule has 0 bridgehead atoms. The van der Waals surface area contributed by atoms with Crippen molar-refractivity contribution in [1.82, 2.24) is 8.87 Å². The van der Waals surface area contributed by atoms with Gasteiger partial charge >= 0.3 is 0 Å². The molecule has 0 unspecified atom stereocenters. The van der Waals surface area contributed by atoms with Gasteiger partial charge in [0.15, 0.2) is 5.78 Å². The number of fused-ring (bicyclic) bond motifs is 1. The predicted octanol–water partition coefficient (Wildman–Crippen LogP) is 2.76. The zero-order chi connectivity index (χ0) is 16.8. The van der Waals surface area contributed by atoms with Gasteiger partial charge in [0.2, 0.25) is 10.0 Å². The number of ketones is 1. The van der Waals surface area contributed by atoms with Gasteiger partial charge in [0.05, 0.1) is 10.9 Å². The van der Waals surface area contributed by atoms with E-state index in [4.69, 9.17) is 0 Å². The van der Waals surface area contributed by atoms with E-state index in [1.165, 1.54) is 23.4 Å². The van der Waals surface area contributed by atoms with Crippen molar-refractivity contribution in [2.45, 2.75) is 38.3 Å². The Morgan fingerprint density at radius 2 is 1.74 bits per heavy atom. The molecule has 0 saturated carbocycles. The predicted molar refractivity (Wildman–Crippen MR) is 87.9 cm³/mol. The van der Waals surface area contributed by atoms with Crippen molar-refractivity contribution in [2.24, 2.45) is 0 Å².